The summed E-state index contributed by atoms with van der Waals surface area (Å²) in [4.78, 5) is 21.6. The number of aliphatic hydroxyl groups excluding tert-OH is 1. The largest absolute Gasteiger partial charge is 0.479 e. The van der Waals surface area contributed by atoms with Gasteiger partial charge in [0.15, 0.2) is 6.10 Å². The standard InChI is InChI=1S/C10H10BrFN2O4/c11-6-3-5(1-2-7(6)12)14-10(18)13-4-8(15)9(16)17/h1-3,8,15H,4H2,(H,16,17)(H2,13,14,18). The van der Waals surface area contributed by atoms with Crippen LogP contribution in [0.15, 0.2) is 22.7 Å². The molecule has 4 N–H and O–H groups in total. The highest BCUT2D eigenvalue weighted by Gasteiger charge is 2.14. The predicted octanol–water partition coefficient (Wildman–Crippen LogP) is 1.16. The molecule has 0 saturated carbocycles. The highest BCUT2D eigenvalue weighted by molar-refractivity contribution is 9.10. The lowest BCUT2D eigenvalue weighted by molar-refractivity contribution is -0.146. The monoisotopic (exact) mass is 320 g/mol. The van der Waals surface area contributed by atoms with Gasteiger partial charge in [-0.3, -0.25) is 0 Å². The molecule has 6 nitrogen and oxygen atoms in total. The first-order chi connectivity index (χ1) is 8.40. The molecule has 98 valence electrons. The summed E-state index contributed by atoms with van der Waals surface area (Å²) in [5.41, 5.74) is 0.325. The normalized spacial score (nSPS) is 11.7. The van der Waals surface area contributed by atoms with Crippen LogP contribution in [0.3, 0.4) is 0 Å². The van der Waals surface area contributed by atoms with Gasteiger partial charge in [-0.2, -0.15) is 0 Å². The van der Waals surface area contributed by atoms with Crippen LogP contribution in [0.5, 0.6) is 0 Å². The van der Waals surface area contributed by atoms with Gasteiger partial charge in [-0.1, -0.05) is 0 Å². The fourth-order valence-corrected chi connectivity index (χ4v) is 1.40. The molecule has 0 aliphatic carbocycles. The first-order valence-corrected chi connectivity index (χ1v) is 5.60. The number of amides is 2. The molecule has 0 aliphatic heterocycles. The molecule has 0 radical (unpaired) electrons. The van der Waals surface area contributed by atoms with Gasteiger partial charge < -0.3 is 20.8 Å². The third-order valence-electron chi connectivity index (χ3n) is 1.92. The molecule has 0 bridgehead atoms. The third kappa shape index (κ3) is 4.30. The van der Waals surface area contributed by atoms with Gasteiger partial charge >= 0.3 is 12.0 Å². The topological polar surface area (TPSA) is 98.7 Å². The number of hydrogen-bond acceptors (Lipinski definition) is 3. The molecule has 0 aromatic heterocycles. The van der Waals surface area contributed by atoms with Gasteiger partial charge in [0.25, 0.3) is 0 Å². The van der Waals surface area contributed by atoms with E-state index in [0.717, 1.165) is 6.07 Å². The zero-order chi connectivity index (χ0) is 13.7. The van der Waals surface area contributed by atoms with Crippen molar-refractivity contribution in [2.45, 2.75) is 6.10 Å². The lowest BCUT2D eigenvalue weighted by Crippen LogP contribution is -2.38. The Morgan fingerprint density at radius 2 is 2.11 bits per heavy atom. The SMILES string of the molecule is O=C(NCC(O)C(=O)O)Nc1ccc(F)c(Br)c1. The number of carboxylic acids is 1. The van der Waals surface area contributed by atoms with Crippen LogP contribution in [-0.4, -0.2) is 34.9 Å². The minimum absolute atomic E-state index is 0.186. The fourth-order valence-electron chi connectivity index (χ4n) is 1.03. The van der Waals surface area contributed by atoms with Crippen molar-refractivity contribution in [3.05, 3.63) is 28.5 Å². The van der Waals surface area contributed by atoms with Crippen molar-refractivity contribution in [1.29, 1.82) is 0 Å². The van der Waals surface area contributed by atoms with Crippen molar-refractivity contribution in [2.24, 2.45) is 0 Å². The highest BCUT2D eigenvalue weighted by atomic mass is 79.9. The van der Waals surface area contributed by atoms with E-state index in [1.807, 2.05) is 0 Å². The number of nitrogens with one attached hydrogen (secondary N) is 2. The van der Waals surface area contributed by atoms with Crippen LogP contribution in [0.25, 0.3) is 0 Å². The number of hydrogen-bond donors (Lipinski definition) is 4. The Balaban J connectivity index is 2.49. The van der Waals surface area contributed by atoms with E-state index in [2.05, 4.69) is 26.6 Å². The van der Waals surface area contributed by atoms with Crippen LogP contribution in [0.1, 0.15) is 0 Å². The maximum absolute atomic E-state index is 12.9. The third-order valence-corrected chi connectivity index (χ3v) is 2.53. The molecule has 8 heteroatoms. The summed E-state index contributed by atoms with van der Waals surface area (Å²) in [5, 5.41) is 21.8. The predicted molar refractivity (Wildman–Crippen MR) is 64.8 cm³/mol. The Kier molecular flexibility index (Phi) is 5.05. The molecule has 1 unspecified atom stereocenters. The average molecular weight is 321 g/mol. The minimum Gasteiger partial charge on any atom is -0.479 e. The summed E-state index contributed by atoms with van der Waals surface area (Å²) in [6.45, 7) is -0.427. The summed E-state index contributed by atoms with van der Waals surface area (Å²) in [5.74, 6) is -1.90. The first kappa shape index (κ1) is 14.4. The van der Waals surface area contributed by atoms with Crippen LogP contribution >= 0.6 is 15.9 Å². The zero-order valence-corrected chi connectivity index (χ0v) is 10.6. The summed E-state index contributed by atoms with van der Waals surface area (Å²) in [7, 11) is 0. The lowest BCUT2D eigenvalue weighted by Gasteiger charge is -2.09. The molecule has 1 rings (SSSR count). The van der Waals surface area contributed by atoms with E-state index in [9.17, 15) is 14.0 Å². The highest BCUT2D eigenvalue weighted by Crippen LogP contribution is 2.19. The second kappa shape index (κ2) is 6.31. The molecular weight excluding hydrogens is 311 g/mol. The van der Waals surface area contributed by atoms with Crippen LogP contribution in [0, 0.1) is 5.82 Å². The second-order valence-corrected chi connectivity index (χ2v) is 4.17. The molecular formula is C10H10BrFN2O4. The number of benzene rings is 1. The molecule has 0 heterocycles. The maximum atomic E-state index is 12.9. The van der Waals surface area contributed by atoms with Gasteiger partial charge in [0.1, 0.15) is 5.82 Å². The van der Waals surface area contributed by atoms with E-state index < -0.39 is 30.5 Å². The summed E-state index contributed by atoms with van der Waals surface area (Å²) >= 11 is 2.95. The van der Waals surface area contributed by atoms with E-state index >= 15 is 0 Å². The Morgan fingerprint density at radius 1 is 1.44 bits per heavy atom. The van der Waals surface area contributed by atoms with Crippen molar-refractivity contribution in [1.82, 2.24) is 5.32 Å². The van der Waals surface area contributed by atoms with Crippen molar-refractivity contribution in [3.63, 3.8) is 0 Å². The van der Waals surface area contributed by atoms with Crippen LogP contribution in [0.2, 0.25) is 0 Å². The van der Waals surface area contributed by atoms with Gasteiger partial charge in [0, 0.05) is 5.69 Å². The van der Waals surface area contributed by atoms with E-state index in [1.165, 1.54) is 12.1 Å². The summed E-state index contributed by atoms with van der Waals surface area (Å²) in [6, 6.07) is 3.15. The van der Waals surface area contributed by atoms with E-state index in [-0.39, 0.29) is 4.47 Å². The van der Waals surface area contributed by atoms with Crippen molar-refractivity contribution >= 4 is 33.6 Å². The van der Waals surface area contributed by atoms with E-state index in [1.54, 1.807) is 0 Å². The Hall–Kier alpha value is -1.67. The van der Waals surface area contributed by atoms with Gasteiger partial charge in [0.2, 0.25) is 0 Å². The van der Waals surface area contributed by atoms with Gasteiger partial charge in [0.05, 0.1) is 11.0 Å². The first-order valence-electron chi connectivity index (χ1n) is 4.81. The average Bonchev–Trinajstić information content (AvgIpc) is 2.30. The Morgan fingerprint density at radius 3 is 2.67 bits per heavy atom. The molecule has 0 fully saturated rings. The Labute approximate surface area is 110 Å². The zero-order valence-electron chi connectivity index (χ0n) is 8.98. The summed E-state index contributed by atoms with van der Waals surface area (Å²) in [6.07, 6.45) is -1.67. The number of carbonyl (C=O) groups is 2. The van der Waals surface area contributed by atoms with Gasteiger partial charge in [-0.05, 0) is 34.1 Å². The van der Waals surface area contributed by atoms with Gasteiger partial charge in [-0.15, -0.1) is 0 Å². The number of carboxylic acid groups (broad SMARTS) is 1. The number of urea groups is 1. The van der Waals surface area contributed by atoms with Crippen molar-refractivity contribution < 1.29 is 24.2 Å². The molecule has 0 saturated heterocycles. The molecule has 2 amide bonds. The molecule has 0 aliphatic rings. The number of rotatable bonds is 4. The van der Waals surface area contributed by atoms with Crippen molar-refractivity contribution in [3.8, 4) is 0 Å². The summed E-state index contributed by atoms with van der Waals surface area (Å²) < 4.78 is 13.1. The Bertz CT molecular complexity index is 469. The van der Waals surface area contributed by atoms with Crippen molar-refractivity contribution in [2.75, 3.05) is 11.9 Å². The molecule has 1 aromatic rings. The molecule has 18 heavy (non-hydrogen) atoms. The van der Waals surface area contributed by atoms with Crippen LogP contribution in [0.4, 0.5) is 14.9 Å². The molecule has 1 atom stereocenters. The number of halogens is 2. The van der Waals surface area contributed by atoms with E-state index in [4.69, 9.17) is 10.2 Å². The number of anilines is 1. The molecule has 1 aromatic carbocycles. The van der Waals surface area contributed by atoms with Crippen LogP contribution in [-0.2, 0) is 4.79 Å². The maximum Gasteiger partial charge on any atom is 0.334 e. The smallest absolute Gasteiger partial charge is 0.334 e. The minimum atomic E-state index is -1.67. The number of carbonyl (C=O) groups excluding carboxylic acids is 1. The molecule has 0 spiro atoms. The number of aliphatic hydroxyl groups is 1. The lowest BCUT2D eigenvalue weighted by atomic mass is 10.3. The van der Waals surface area contributed by atoms with Crippen LogP contribution < -0.4 is 10.6 Å². The number of aliphatic carboxylic acids is 1. The van der Waals surface area contributed by atoms with E-state index in [0.29, 0.717) is 5.69 Å². The van der Waals surface area contributed by atoms with Gasteiger partial charge in [-0.25, -0.2) is 14.0 Å². The quantitative estimate of drug-likeness (QED) is 0.669. The fraction of sp³-hybridized carbons (Fsp3) is 0.200. The second-order valence-electron chi connectivity index (χ2n) is 3.32.